The average molecular weight is 449 g/mol. The Balaban J connectivity index is 1.30. The van der Waals surface area contributed by atoms with Crippen molar-refractivity contribution in [3.8, 4) is 0 Å². The first-order chi connectivity index (χ1) is 16.1. The van der Waals surface area contributed by atoms with Gasteiger partial charge in [-0.05, 0) is 58.5 Å². The minimum Gasteiger partial charge on any atom is -0.391 e. The molecular formula is C27H26F2N2O2. The van der Waals surface area contributed by atoms with Gasteiger partial charge in [-0.1, -0.05) is 36.4 Å². The number of H-pyrrole nitrogens is 1. The van der Waals surface area contributed by atoms with E-state index in [2.05, 4.69) is 28.5 Å². The van der Waals surface area contributed by atoms with Crippen molar-refractivity contribution in [2.45, 2.75) is 37.1 Å². The predicted molar refractivity (Wildman–Crippen MR) is 124 cm³/mol. The van der Waals surface area contributed by atoms with E-state index >= 15 is 0 Å². The van der Waals surface area contributed by atoms with E-state index in [1.165, 1.54) is 24.3 Å². The second kappa shape index (κ2) is 9.43. The Morgan fingerprint density at radius 3 is 2.61 bits per heavy atom. The van der Waals surface area contributed by atoms with Gasteiger partial charge >= 0.3 is 0 Å². The summed E-state index contributed by atoms with van der Waals surface area (Å²) in [5.41, 5.74) is 3.75. The Hall–Kier alpha value is -3.06. The van der Waals surface area contributed by atoms with Gasteiger partial charge in [0.25, 0.3) is 0 Å². The number of fused-ring (bicyclic) bond motifs is 1. The molecule has 1 aromatic heterocycles. The smallest absolute Gasteiger partial charge is 0.123 e. The number of hydrogen-bond donors (Lipinski definition) is 3. The molecule has 5 rings (SSSR count). The number of rotatable bonds is 6. The lowest BCUT2D eigenvalue weighted by Gasteiger charge is -2.38. The third kappa shape index (κ3) is 4.83. The summed E-state index contributed by atoms with van der Waals surface area (Å²) in [5, 5.41) is 15.5. The number of aliphatic hydroxyl groups excluding tert-OH is 1. The molecule has 1 aliphatic rings. The normalized spacial score (nSPS) is 21.8. The molecule has 1 fully saturated rings. The maximum atomic E-state index is 14.0. The Morgan fingerprint density at radius 1 is 0.970 bits per heavy atom. The molecule has 4 unspecified atom stereocenters. The molecule has 0 bridgehead atoms. The Labute approximate surface area is 191 Å². The lowest BCUT2D eigenvalue weighted by Crippen LogP contribution is -2.50. The molecule has 4 atom stereocenters. The zero-order valence-electron chi connectivity index (χ0n) is 18.0. The number of aromatic nitrogens is 1. The molecule has 0 aliphatic carbocycles. The van der Waals surface area contributed by atoms with Gasteiger partial charge in [0.15, 0.2) is 0 Å². The van der Waals surface area contributed by atoms with E-state index in [9.17, 15) is 13.9 Å². The molecule has 0 spiro atoms. The van der Waals surface area contributed by atoms with E-state index in [4.69, 9.17) is 4.74 Å². The summed E-state index contributed by atoms with van der Waals surface area (Å²) < 4.78 is 33.7. The Kier molecular flexibility index (Phi) is 6.22. The summed E-state index contributed by atoms with van der Waals surface area (Å²) in [6.45, 7) is 0.930. The van der Waals surface area contributed by atoms with Crippen molar-refractivity contribution in [2.24, 2.45) is 0 Å². The van der Waals surface area contributed by atoms with Gasteiger partial charge in [0, 0.05) is 30.6 Å². The summed E-state index contributed by atoms with van der Waals surface area (Å²) in [5.74, 6) is -0.982. The van der Waals surface area contributed by atoms with Crippen molar-refractivity contribution in [1.29, 1.82) is 0 Å². The molecule has 0 saturated carbocycles. The minimum atomic E-state index is -0.630. The van der Waals surface area contributed by atoms with Gasteiger partial charge in [-0.25, -0.2) is 8.78 Å². The van der Waals surface area contributed by atoms with E-state index in [1.54, 1.807) is 18.2 Å². The molecular weight excluding hydrogens is 422 g/mol. The lowest BCUT2D eigenvalue weighted by atomic mass is 9.82. The second-order valence-electron chi connectivity index (χ2n) is 8.65. The maximum Gasteiger partial charge on any atom is 0.123 e. The summed E-state index contributed by atoms with van der Waals surface area (Å²) in [6.07, 6.45) is 1.30. The van der Waals surface area contributed by atoms with Crippen LogP contribution in [0.15, 0.2) is 79.0 Å². The van der Waals surface area contributed by atoms with E-state index in [0.29, 0.717) is 19.6 Å². The second-order valence-corrected chi connectivity index (χ2v) is 8.65. The quantitative estimate of drug-likeness (QED) is 0.394. The van der Waals surface area contributed by atoms with Crippen LogP contribution in [0.4, 0.5) is 8.78 Å². The number of nitrogens with one attached hydrogen (secondary N) is 2. The van der Waals surface area contributed by atoms with Crippen LogP contribution in [0.2, 0.25) is 0 Å². The zero-order valence-corrected chi connectivity index (χ0v) is 18.0. The summed E-state index contributed by atoms with van der Waals surface area (Å²) in [4.78, 5) is 3.21. The van der Waals surface area contributed by atoms with E-state index in [1.807, 2.05) is 18.3 Å². The number of hydrogen-bond acceptors (Lipinski definition) is 3. The third-order valence-electron chi connectivity index (χ3n) is 6.42. The van der Waals surface area contributed by atoms with Gasteiger partial charge in [0.05, 0.1) is 24.9 Å². The topological polar surface area (TPSA) is 57.3 Å². The van der Waals surface area contributed by atoms with Crippen molar-refractivity contribution >= 4 is 10.9 Å². The molecule has 1 aliphatic heterocycles. The van der Waals surface area contributed by atoms with Crippen molar-refractivity contribution in [3.05, 3.63) is 107 Å². The lowest BCUT2D eigenvalue weighted by molar-refractivity contribution is -0.0718. The molecule has 1 saturated heterocycles. The van der Waals surface area contributed by atoms with Crippen LogP contribution in [0.25, 0.3) is 10.9 Å². The fourth-order valence-corrected chi connectivity index (χ4v) is 4.68. The van der Waals surface area contributed by atoms with Gasteiger partial charge in [0.2, 0.25) is 0 Å². The van der Waals surface area contributed by atoms with Gasteiger partial charge in [0.1, 0.15) is 11.6 Å². The number of aromatic amines is 1. The minimum absolute atomic E-state index is 0.220. The summed E-state index contributed by atoms with van der Waals surface area (Å²) in [7, 11) is 0. The molecule has 4 aromatic rings. The highest BCUT2D eigenvalue weighted by atomic mass is 19.1. The highest BCUT2D eigenvalue weighted by molar-refractivity contribution is 5.79. The molecule has 0 amide bonds. The number of halogens is 2. The zero-order chi connectivity index (χ0) is 22.8. The molecule has 0 radical (unpaired) electrons. The van der Waals surface area contributed by atoms with Gasteiger partial charge in [-0.2, -0.15) is 0 Å². The molecule has 3 aromatic carbocycles. The van der Waals surface area contributed by atoms with Crippen LogP contribution >= 0.6 is 0 Å². The van der Waals surface area contributed by atoms with Crippen LogP contribution < -0.4 is 5.32 Å². The van der Waals surface area contributed by atoms with Gasteiger partial charge in [-0.3, -0.25) is 0 Å². The van der Waals surface area contributed by atoms with Crippen LogP contribution in [-0.4, -0.2) is 34.9 Å². The van der Waals surface area contributed by atoms with Crippen LogP contribution in [0.3, 0.4) is 0 Å². The highest BCUT2D eigenvalue weighted by Gasteiger charge is 2.35. The summed E-state index contributed by atoms with van der Waals surface area (Å²) in [6, 6.07) is 20.6. The van der Waals surface area contributed by atoms with Crippen molar-refractivity contribution < 1.29 is 18.6 Å². The third-order valence-corrected chi connectivity index (χ3v) is 6.42. The van der Waals surface area contributed by atoms with E-state index in [-0.39, 0.29) is 29.7 Å². The van der Waals surface area contributed by atoms with Crippen molar-refractivity contribution in [3.63, 3.8) is 0 Å². The predicted octanol–water partition coefficient (Wildman–Crippen LogP) is 4.89. The molecule has 3 N–H and O–H groups in total. The van der Waals surface area contributed by atoms with Crippen molar-refractivity contribution in [2.75, 3.05) is 6.61 Å². The van der Waals surface area contributed by atoms with Crippen LogP contribution in [0, 0.1) is 11.6 Å². The SMILES string of the molecule is OC1CC(C(c2ccc(F)cc2)c2cccc(F)c2)OCC1NCc1ccc2cc[nH]c2c1. The monoisotopic (exact) mass is 448 g/mol. The average Bonchev–Trinajstić information content (AvgIpc) is 3.28. The number of ether oxygens (including phenoxy) is 1. The highest BCUT2D eigenvalue weighted by Crippen LogP contribution is 2.35. The molecule has 4 nitrogen and oxygen atoms in total. The Morgan fingerprint density at radius 2 is 1.82 bits per heavy atom. The maximum absolute atomic E-state index is 14.0. The van der Waals surface area contributed by atoms with Crippen LogP contribution in [-0.2, 0) is 11.3 Å². The molecule has 170 valence electrons. The van der Waals surface area contributed by atoms with Gasteiger partial charge < -0.3 is 20.1 Å². The van der Waals surface area contributed by atoms with Crippen molar-refractivity contribution in [1.82, 2.24) is 10.3 Å². The van der Waals surface area contributed by atoms with Crippen LogP contribution in [0.5, 0.6) is 0 Å². The first kappa shape index (κ1) is 21.8. The molecule has 2 heterocycles. The largest absolute Gasteiger partial charge is 0.391 e. The first-order valence-electron chi connectivity index (χ1n) is 11.2. The number of aliphatic hydroxyl groups is 1. The molecule has 33 heavy (non-hydrogen) atoms. The standard InChI is InChI=1S/C27H26F2N2O2/c28-21-8-6-19(7-9-21)27(20-2-1-3-22(29)13-20)26-14-25(32)24(16-33-26)31-15-17-4-5-18-10-11-30-23(18)12-17/h1-13,24-27,30-32H,14-16H2. The first-order valence-corrected chi connectivity index (χ1v) is 11.2. The number of benzene rings is 3. The fraction of sp³-hybridized carbons (Fsp3) is 0.259. The van der Waals surface area contributed by atoms with E-state index in [0.717, 1.165) is 27.6 Å². The van der Waals surface area contributed by atoms with Crippen LogP contribution in [0.1, 0.15) is 29.0 Å². The van der Waals surface area contributed by atoms with Gasteiger partial charge in [-0.15, -0.1) is 0 Å². The Bertz CT molecular complexity index is 1220. The molecule has 6 heteroatoms. The fourth-order valence-electron chi connectivity index (χ4n) is 4.68. The van der Waals surface area contributed by atoms with E-state index < -0.39 is 6.10 Å². The summed E-state index contributed by atoms with van der Waals surface area (Å²) >= 11 is 0.